The van der Waals surface area contributed by atoms with Crippen LogP contribution in [0.4, 0.5) is 0 Å². The fourth-order valence-corrected chi connectivity index (χ4v) is 2.84. The fourth-order valence-electron chi connectivity index (χ4n) is 2.45. The molecule has 0 aliphatic carbocycles. The van der Waals surface area contributed by atoms with E-state index in [1.54, 1.807) is 6.20 Å². The number of aromatic nitrogens is 4. The molecule has 118 valence electrons. The molecule has 2 aromatic heterocycles. The van der Waals surface area contributed by atoms with Crippen molar-refractivity contribution in [3.63, 3.8) is 0 Å². The lowest BCUT2D eigenvalue weighted by Gasteiger charge is -2.27. The van der Waals surface area contributed by atoms with E-state index in [1.165, 1.54) is 0 Å². The lowest BCUT2D eigenvalue weighted by Crippen LogP contribution is -2.35. The second-order valence-corrected chi connectivity index (χ2v) is 7.14. The molecule has 22 heavy (non-hydrogen) atoms. The summed E-state index contributed by atoms with van der Waals surface area (Å²) in [5, 5.41) is 8.25. The van der Waals surface area contributed by atoms with Gasteiger partial charge in [-0.3, -0.25) is 9.88 Å². The summed E-state index contributed by atoms with van der Waals surface area (Å²) in [5.41, 5.74) is 1.02. The van der Waals surface area contributed by atoms with Crippen molar-refractivity contribution in [3.8, 4) is 0 Å². The molecule has 0 radical (unpaired) electrons. The molecular weight excluding hydrogens is 304 g/mol. The monoisotopic (exact) mass is 322 g/mol. The Morgan fingerprint density at radius 3 is 2.86 bits per heavy atom. The van der Waals surface area contributed by atoms with E-state index < -0.39 is 10.0 Å². The SMILES string of the molecule is CS(=O)(=O)NCc1nnc2n1CCN(Cc1ccccn1)C2. The third-order valence-electron chi connectivity index (χ3n) is 3.51. The topological polar surface area (TPSA) is 93.0 Å². The molecule has 9 heteroatoms. The highest BCUT2D eigenvalue weighted by Gasteiger charge is 2.21. The van der Waals surface area contributed by atoms with Gasteiger partial charge in [0.25, 0.3) is 0 Å². The lowest BCUT2D eigenvalue weighted by molar-refractivity contribution is 0.205. The molecule has 0 amide bonds. The highest BCUT2D eigenvalue weighted by atomic mass is 32.2. The van der Waals surface area contributed by atoms with Gasteiger partial charge in [-0.25, -0.2) is 13.1 Å². The number of fused-ring (bicyclic) bond motifs is 1. The van der Waals surface area contributed by atoms with Crippen LogP contribution in [0.25, 0.3) is 0 Å². The Bertz CT molecular complexity index is 743. The van der Waals surface area contributed by atoms with Gasteiger partial charge >= 0.3 is 0 Å². The summed E-state index contributed by atoms with van der Waals surface area (Å²) < 4.78 is 26.8. The van der Waals surface area contributed by atoms with Gasteiger partial charge in [-0.1, -0.05) is 6.07 Å². The molecule has 3 heterocycles. The van der Waals surface area contributed by atoms with E-state index in [9.17, 15) is 8.42 Å². The quantitative estimate of drug-likeness (QED) is 0.815. The molecule has 0 bridgehead atoms. The van der Waals surface area contributed by atoms with Crippen LogP contribution in [0.1, 0.15) is 17.3 Å². The molecule has 1 aliphatic rings. The molecule has 0 saturated heterocycles. The second-order valence-electron chi connectivity index (χ2n) is 5.31. The van der Waals surface area contributed by atoms with Crippen LogP contribution in [0.3, 0.4) is 0 Å². The van der Waals surface area contributed by atoms with E-state index in [-0.39, 0.29) is 6.54 Å². The first kappa shape index (κ1) is 15.1. The van der Waals surface area contributed by atoms with Gasteiger partial charge in [0, 0.05) is 25.8 Å². The van der Waals surface area contributed by atoms with Crippen molar-refractivity contribution in [2.24, 2.45) is 0 Å². The zero-order valence-electron chi connectivity index (χ0n) is 12.3. The van der Waals surface area contributed by atoms with Gasteiger partial charge in [-0.05, 0) is 12.1 Å². The molecule has 0 spiro atoms. The molecule has 0 atom stereocenters. The molecule has 1 aliphatic heterocycles. The first-order chi connectivity index (χ1) is 10.5. The van der Waals surface area contributed by atoms with Crippen LogP contribution >= 0.6 is 0 Å². The number of sulfonamides is 1. The Kier molecular flexibility index (Phi) is 4.19. The number of pyridine rings is 1. The van der Waals surface area contributed by atoms with Crippen molar-refractivity contribution < 1.29 is 8.42 Å². The predicted molar refractivity (Wildman–Crippen MR) is 80.1 cm³/mol. The maximum atomic E-state index is 11.2. The van der Waals surface area contributed by atoms with Crippen LogP contribution in [0.2, 0.25) is 0 Å². The van der Waals surface area contributed by atoms with Crippen molar-refractivity contribution in [3.05, 3.63) is 41.7 Å². The van der Waals surface area contributed by atoms with E-state index in [2.05, 4.69) is 24.8 Å². The zero-order chi connectivity index (χ0) is 15.6. The Morgan fingerprint density at radius 2 is 2.14 bits per heavy atom. The molecule has 2 aromatic rings. The Balaban J connectivity index is 1.66. The summed E-state index contributed by atoms with van der Waals surface area (Å²) >= 11 is 0. The van der Waals surface area contributed by atoms with Gasteiger partial charge in [-0.15, -0.1) is 10.2 Å². The molecule has 0 fully saturated rings. The number of rotatable bonds is 5. The third-order valence-corrected chi connectivity index (χ3v) is 4.18. The van der Waals surface area contributed by atoms with E-state index in [4.69, 9.17) is 0 Å². The van der Waals surface area contributed by atoms with Crippen LogP contribution < -0.4 is 4.72 Å². The average Bonchev–Trinajstić information content (AvgIpc) is 2.88. The first-order valence-corrected chi connectivity index (χ1v) is 8.88. The highest BCUT2D eigenvalue weighted by molar-refractivity contribution is 7.88. The fraction of sp³-hybridized carbons (Fsp3) is 0.462. The van der Waals surface area contributed by atoms with Crippen LogP contribution in [0.5, 0.6) is 0 Å². The lowest BCUT2D eigenvalue weighted by atomic mass is 10.3. The molecule has 3 rings (SSSR count). The maximum Gasteiger partial charge on any atom is 0.209 e. The number of nitrogens with zero attached hydrogens (tertiary/aromatic N) is 5. The van der Waals surface area contributed by atoms with Crippen LogP contribution in [-0.2, 0) is 36.2 Å². The van der Waals surface area contributed by atoms with E-state index >= 15 is 0 Å². The van der Waals surface area contributed by atoms with Crippen LogP contribution in [-0.4, -0.2) is 45.9 Å². The van der Waals surface area contributed by atoms with Gasteiger partial charge in [0.1, 0.15) is 11.6 Å². The Morgan fingerprint density at radius 1 is 1.27 bits per heavy atom. The van der Waals surface area contributed by atoms with Crippen molar-refractivity contribution in [1.82, 2.24) is 29.4 Å². The molecule has 8 nitrogen and oxygen atoms in total. The van der Waals surface area contributed by atoms with Crippen molar-refractivity contribution >= 4 is 10.0 Å². The van der Waals surface area contributed by atoms with E-state index in [1.807, 2.05) is 22.8 Å². The van der Waals surface area contributed by atoms with Gasteiger partial charge in [-0.2, -0.15) is 0 Å². The molecule has 1 N–H and O–H groups in total. The van der Waals surface area contributed by atoms with Crippen molar-refractivity contribution in [1.29, 1.82) is 0 Å². The summed E-state index contributed by atoms with van der Waals surface area (Å²) in [7, 11) is -3.23. The summed E-state index contributed by atoms with van der Waals surface area (Å²) in [6.45, 7) is 3.22. The first-order valence-electron chi connectivity index (χ1n) is 6.99. The van der Waals surface area contributed by atoms with Gasteiger partial charge in [0.2, 0.25) is 10.0 Å². The highest BCUT2D eigenvalue weighted by Crippen LogP contribution is 2.14. The molecule has 0 saturated carbocycles. The van der Waals surface area contributed by atoms with Crippen LogP contribution in [0.15, 0.2) is 24.4 Å². The second kappa shape index (κ2) is 6.11. The Labute approximate surface area is 129 Å². The minimum absolute atomic E-state index is 0.173. The van der Waals surface area contributed by atoms with E-state index in [0.717, 1.165) is 37.4 Å². The third kappa shape index (κ3) is 3.67. The summed E-state index contributed by atoms with van der Waals surface area (Å²) in [6, 6.07) is 5.88. The van der Waals surface area contributed by atoms with E-state index in [0.29, 0.717) is 12.4 Å². The molecular formula is C13H18N6O2S. The van der Waals surface area contributed by atoms with Crippen LogP contribution in [0, 0.1) is 0 Å². The normalized spacial score (nSPS) is 15.7. The summed E-state index contributed by atoms with van der Waals surface area (Å²) in [6.07, 6.45) is 2.92. The van der Waals surface area contributed by atoms with Gasteiger partial charge in [0.05, 0.1) is 25.0 Å². The summed E-state index contributed by atoms with van der Waals surface area (Å²) in [5.74, 6) is 1.50. The minimum atomic E-state index is -3.23. The van der Waals surface area contributed by atoms with Gasteiger partial charge < -0.3 is 4.57 Å². The number of hydrogen-bond acceptors (Lipinski definition) is 6. The number of hydrogen-bond donors (Lipinski definition) is 1. The smallest absolute Gasteiger partial charge is 0.209 e. The standard InChI is InChI=1S/C13H18N6O2S/c1-22(20,21)15-8-12-16-17-13-10-18(6-7-19(12)13)9-11-4-2-3-5-14-11/h2-5,15H,6-10H2,1H3. The minimum Gasteiger partial charge on any atom is -0.311 e. The number of nitrogens with one attached hydrogen (secondary N) is 1. The van der Waals surface area contributed by atoms with Crippen molar-refractivity contribution in [2.75, 3.05) is 12.8 Å². The average molecular weight is 322 g/mol. The zero-order valence-corrected chi connectivity index (χ0v) is 13.1. The Hall–Kier alpha value is -1.84. The maximum absolute atomic E-state index is 11.2. The van der Waals surface area contributed by atoms with Gasteiger partial charge in [0.15, 0.2) is 0 Å². The predicted octanol–water partition coefficient (Wildman–Crippen LogP) is -0.262. The van der Waals surface area contributed by atoms with Crippen molar-refractivity contribution in [2.45, 2.75) is 26.2 Å². The molecule has 0 unspecified atom stereocenters. The largest absolute Gasteiger partial charge is 0.311 e. The molecule has 0 aromatic carbocycles. The summed E-state index contributed by atoms with van der Waals surface area (Å²) in [4.78, 5) is 6.58.